The summed E-state index contributed by atoms with van der Waals surface area (Å²) in [5, 5.41) is 1.58. The molecule has 132 valence electrons. The van der Waals surface area contributed by atoms with E-state index in [2.05, 4.69) is 4.98 Å². The second-order valence-corrected chi connectivity index (χ2v) is 7.12. The fourth-order valence-electron chi connectivity index (χ4n) is 2.64. The van der Waals surface area contributed by atoms with Crippen molar-refractivity contribution in [2.75, 3.05) is 0 Å². The third-order valence-corrected chi connectivity index (χ3v) is 4.42. The third-order valence-electron chi connectivity index (χ3n) is 3.75. The lowest BCUT2D eigenvalue weighted by molar-refractivity contribution is 0.0730. The number of hydrogen-bond donors (Lipinski definition) is 0. The van der Waals surface area contributed by atoms with Gasteiger partial charge >= 0.3 is 0 Å². The van der Waals surface area contributed by atoms with Gasteiger partial charge in [-0.3, -0.25) is 9.78 Å². The molecular weight excluding hydrogens is 391 g/mol. The molecule has 0 unspecified atom stereocenters. The van der Waals surface area contributed by atoms with Gasteiger partial charge in [-0.2, -0.15) is 0 Å². The minimum atomic E-state index is -0.132. The van der Waals surface area contributed by atoms with Gasteiger partial charge in [0.15, 0.2) is 0 Å². The van der Waals surface area contributed by atoms with Crippen molar-refractivity contribution in [2.45, 2.75) is 13.1 Å². The van der Waals surface area contributed by atoms with Crippen molar-refractivity contribution in [3.8, 4) is 0 Å². The van der Waals surface area contributed by atoms with Gasteiger partial charge in [-0.1, -0.05) is 46.9 Å². The summed E-state index contributed by atoms with van der Waals surface area (Å²) >= 11 is 18.2. The van der Waals surface area contributed by atoms with Crippen LogP contribution in [0.5, 0.6) is 0 Å². The summed E-state index contributed by atoms with van der Waals surface area (Å²) in [7, 11) is 0. The molecule has 1 amide bonds. The van der Waals surface area contributed by atoms with Crippen LogP contribution < -0.4 is 0 Å². The van der Waals surface area contributed by atoms with Crippen molar-refractivity contribution in [1.82, 2.24) is 9.88 Å². The Kier molecular flexibility index (Phi) is 6.15. The van der Waals surface area contributed by atoms with Crippen molar-refractivity contribution >= 4 is 40.7 Å². The number of aromatic nitrogens is 1. The van der Waals surface area contributed by atoms with E-state index in [0.29, 0.717) is 33.7 Å². The molecule has 0 spiro atoms. The number of halogens is 3. The first-order valence-corrected chi connectivity index (χ1v) is 9.03. The summed E-state index contributed by atoms with van der Waals surface area (Å²) in [5.74, 6) is -0.132. The highest BCUT2D eigenvalue weighted by Gasteiger charge is 2.17. The molecule has 0 aliphatic carbocycles. The van der Waals surface area contributed by atoms with Gasteiger partial charge in [0.1, 0.15) is 0 Å². The highest BCUT2D eigenvalue weighted by atomic mass is 35.5. The average Bonchev–Trinajstić information content (AvgIpc) is 2.60. The molecule has 0 aliphatic rings. The first-order chi connectivity index (χ1) is 12.5. The zero-order valence-corrected chi connectivity index (χ0v) is 16.0. The van der Waals surface area contributed by atoms with Gasteiger partial charge in [0.05, 0.1) is 0 Å². The maximum absolute atomic E-state index is 13.1. The van der Waals surface area contributed by atoms with E-state index in [1.54, 1.807) is 59.8 Å². The standard InChI is InChI=1S/C20H15Cl3N2O/c21-17-5-1-4-16(9-17)20(26)25(12-14-3-2-6-24-11-14)13-15-7-18(22)10-19(23)8-15/h1-11H,12-13H2. The summed E-state index contributed by atoms with van der Waals surface area (Å²) < 4.78 is 0. The molecule has 3 rings (SSSR count). The molecule has 0 atom stereocenters. The van der Waals surface area contributed by atoms with E-state index in [1.165, 1.54) is 0 Å². The average molecular weight is 406 g/mol. The third kappa shape index (κ3) is 4.98. The lowest BCUT2D eigenvalue weighted by Gasteiger charge is -2.23. The van der Waals surface area contributed by atoms with Gasteiger partial charge in [-0.25, -0.2) is 0 Å². The van der Waals surface area contributed by atoms with Crippen LogP contribution in [-0.4, -0.2) is 15.8 Å². The van der Waals surface area contributed by atoms with E-state index in [-0.39, 0.29) is 5.91 Å². The Morgan fingerprint density at radius 1 is 0.846 bits per heavy atom. The summed E-state index contributed by atoms with van der Waals surface area (Å²) in [6, 6.07) is 15.9. The van der Waals surface area contributed by atoms with Crippen LogP contribution in [0.25, 0.3) is 0 Å². The molecule has 0 radical (unpaired) electrons. The number of nitrogens with zero attached hydrogens (tertiary/aromatic N) is 2. The van der Waals surface area contributed by atoms with Crippen LogP contribution in [0.1, 0.15) is 21.5 Å². The van der Waals surface area contributed by atoms with E-state index in [0.717, 1.165) is 11.1 Å². The van der Waals surface area contributed by atoms with Crippen LogP contribution in [0.15, 0.2) is 67.0 Å². The number of benzene rings is 2. The predicted molar refractivity (Wildman–Crippen MR) is 106 cm³/mol. The van der Waals surface area contributed by atoms with Gasteiger partial charge in [0.2, 0.25) is 0 Å². The number of pyridine rings is 1. The molecule has 3 aromatic rings. The molecule has 2 aromatic carbocycles. The Hall–Kier alpha value is -2.07. The molecule has 0 N–H and O–H groups in total. The Balaban J connectivity index is 1.91. The van der Waals surface area contributed by atoms with Crippen molar-refractivity contribution in [1.29, 1.82) is 0 Å². The van der Waals surface area contributed by atoms with E-state index in [1.807, 2.05) is 12.1 Å². The quantitative estimate of drug-likeness (QED) is 0.530. The minimum Gasteiger partial charge on any atom is -0.330 e. The van der Waals surface area contributed by atoms with Gasteiger partial charge in [-0.15, -0.1) is 0 Å². The maximum atomic E-state index is 13.1. The summed E-state index contributed by atoms with van der Waals surface area (Å²) in [4.78, 5) is 18.9. The Morgan fingerprint density at radius 3 is 2.23 bits per heavy atom. The topological polar surface area (TPSA) is 33.2 Å². The van der Waals surface area contributed by atoms with Gasteiger partial charge < -0.3 is 4.90 Å². The number of rotatable bonds is 5. The number of carbonyl (C=O) groups is 1. The van der Waals surface area contributed by atoms with Crippen LogP contribution >= 0.6 is 34.8 Å². The summed E-state index contributed by atoms with van der Waals surface area (Å²) in [6.07, 6.45) is 3.44. The van der Waals surface area contributed by atoms with Crippen LogP contribution in [0, 0.1) is 0 Å². The van der Waals surface area contributed by atoms with Crippen molar-refractivity contribution in [2.24, 2.45) is 0 Å². The van der Waals surface area contributed by atoms with Crippen molar-refractivity contribution in [3.05, 3.63) is 98.7 Å². The maximum Gasteiger partial charge on any atom is 0.254 e. The summed E-state index contributed by atoms with van der Waals surface area (Å²) in [6.45, 7) is 0.768. The zero-order chi connectivity index (χ0) is 18.5. The van der Waals surface area contributed by atoms with Crippen molar-refractivity contribution in [3.63, 3.8) is 0 Å². The molecule has 0 aliphatic heterocycles. The molecule has 0 fully saturated rings. The normalized spacial score (nSPS) is 10.6. The number of carbonyl (C=O) groups excluding carboxylic acids is 1. The fourth-order valence-corrected chi connectivity index (χ4v) is 3.40. The molecule has 0 bridgehead atoms. The molecule has 0 saturated carbocycles. The molecule has 1 aromatic heterocycles. The van der Waals surface area contributed by atoms with Gasteiger partial charge in [0.25, 0.3) is 5.91 Å². The first-order valence-electron chi connectivity index (χ1n) is 7.90. The molecule has 26 heavy (non-hydrogen) atoms. The second-order valence-electron chi connectivity index (χ2n) is 5.81. The van der Waals surface area contributed by atoms with Crippen LogP contribution in [-0.2, 0) is 13.1 Å². The van der Waals surface area contributed by atoms with Gasteiger partial charge in [0, 0.05) is 46.1 Å². The molecular formula is C20H15Cl3N2O. The SMILES string of the molecule is O=C(c1cccc(Cl)c1)N(Cc1cccnc1)Cc1cc(Cl)cc(Cl)c1. The Bertz CT molecular complexity index is 896. The van der Waals surface area contributed by atoms with Gasteiger partial charge in [-0.05, 0) is 53.6 Å². The first kappa shape index (κ1) is 18.7. The van der Waals surface area contributed by atoms with Crippen molar-refractivity contribution < 1.29 is 4.79 Å². The number of amides is 1. The van der Waals surface area contributed by atoms with E-state index in [9.17, 15) is 4.79 Å². The van der Waals surface area contributed by atoms with E-state index in [4.69, 9.17) is 34.8 Å². The lowest BCUT2D eigenvalue weighted by Crippen LogP contribution is -2.30. The zero-order valence-electron chi connectivity index (χ0n) is 13.7. The Morgan fingerprint density at radius 2 is 1.58 bits per heavy atom. The fraction of sp³-hybridized carbons (Fsp3) is 0.100. The van der Waals surface area contributed by atoms with Crippen LogP contribution in [0.4, 0.5) is 0 Å². The predicted octanol–water partition coefficient (Wildman–Crippen LogP) is 5.88. The van der Waals surface area contributed by atoms with E-state index < -0.39 is 0 Å². The number of hydrogen-bond acceptors (Lipinski definition) is 2. The lowest BCUT2D eigenvalue weighted by atomic mass is 10.1. The van der Waals surface area contributed by atoms with Crippen LogP contribution in [0.2, 0.25) is 15.1 Å². The molecule has 0 saturated heterocycles. The highest BCUT2D eigenvalue weighted by Crippen LogP contribution is 2.22. The van der Waals surface area contributed by atoms with Crippen LogP contribution in [0.3, 0.4) is 0 Å². The monoisotopic (exact) mass is 404 g/mol. The Labute approximate surface area is 167 Å². The molecule has 6 heteroatoms. The minimum absolute atomic E-state index is 0.132. The summed E-state index contributed by atoms with van der Waals surface area (Å²) in [5.41, 5.74) is 2.30. The second kappa shape index (κ2) is 8.54. The van der Waals surface area contributed by atoms with E-state index >= 15 is 0 Å². The smallest absolute Gasteiger partial charge is 0.254 e. The highest BCUT2D eigenvalue weighted by molar-refractivity contribution is 6.34. The molecule has 1 heterocycles. The molecule has 3 nitrogen and oxygen atoms in total. The largest absolute Gasteiger partial charge is 0.330 e.